The van der Waals surface area contributed by atoms with E-state index < -0.39 is 0 Å². The highest BCUT2D eigenvalue weighted by atomic mass is 35.5. The van der Waals surface area contributed by atoms with E-state index in [1.165, 1.54) is 0 Å². The lowest BCUT2D eigenvalue weighted by Gasteiger charge is -2.52. The van der Waals surface area contributed by atoms with Crippen molar-refractivity contribution < 1.29 is 4.74 Å². The van der Waals surface area contributed by atoms with Gasteiger partial charge in [0.25, 0.3) is 0 Å². The Morgan fingerprint density at radius 2 is 2.35 bits per heavy atom. The maximum absolute atomic E-state index is 6.11. The molecule has 0 aromatic carbocycles. The average Bonchev–Trinajstić information content (AvgIpc) is 2.30. The van der Waals surface area contributed by atoms with Crippen molar-refractivity contribution in [1.82, 2.24) is 4.98 Å². The fourth-order valence-corrected chi connectivity index (χ4v) is 2.45. The molecule has 0 bridgehead atoms. The van der Waals surface area contributed by atoms with Crippen LogP contribution in [-0.4, -0.2) is 23.7 Å². The number of nitrogens with one attached hydrogen (secondary N) is 1. The summed E-state index contributed by atoms with van der Waals surface area (Å²) in [5, 5.41) is 4.17. The van der Waals surface area contributed by atoms with Crippen LogP contribution in [0.15, 0.2) is 18.5 Å². The topological polar surface area (TPSA) is 34.1 Å². The highest BCUT2D eigenvalue weighted by Crippen LogP contribution is 2.44. The SMILES string of the molecule is CCOC1CC(Nc2cnccc2Cl)C1(C)C. The summed E-state index contributed by atoms with van der Waals surface area (Å²) < 4.78 is 5.70. The van der Waals surface area contributed by atoms with Crippen molar-refractivity contribution in [2.75, 3.05) is 11.9 Å². The standard InChI is InChI=1S/C13H19ClN2O/c1-4-17-12-7-11(13(12,2)3)16-10-8-15-6-5-9(10)14/h5-6,8,11-12,16H,4,7H2,1-3H3. The molecule has 2 atom stereocenters. The largest absolute Gasteiger partial charge is 0.379 e. The maximum Gasteiger partial charge on any atom is 0.0718 e. The Hall–Kier alpha value is -0.800. The number of anilines is 1. The Labute approximate surface area is 108 Å². The van der Waals surface area contributed by atoms with Gasteiger partial charge in [-0.15, -0.1) is 0 Å². The molecule has 1 N–H and O–H groups in total. The average molecular weight is 255 g/mol. The Morgan fingerprint density at radius 1 is 1.59 bits per heavy atom. The molecule has 1 fully saturated rings. The molecule has 2 rings (SSSR count). The third-order valence-corrected chi connectivity index (χ3v) is 3.97. The first-order chi connectivity index (χ1) is 8.05. The molecule has 1 saturated carbocycles. The molecular formula is C13H19ClN2O. The first-order valence-corrected chi connectivity index (χ1v) is 6.41. The van der Waals surface area contributed by atoms with Crippen LogP contribution in [0.3, 0.4) is 0 Å². The van der Waals surface area contributed by atoms with Gasteiger partial charge in [0.1, 0.15) is 0 Å². The molecule has 0 aliphatic heterocycles. The molecule has 1 aromatic heterocycles. The van der Waals surface area contributed by atoms with Crippen molar-refractivity contribution in [3.05, 3.63) is 23.5 Å². The summed E-state index contributed by atoms with van der Waals surface area (Å²) >= 11 is 6.11. The highest BCUT2D eigenvalue weighted by Gasteiger charge is 2.48. The normalized spacial score (nSPS) is 26.4. The second-order valence-corrected chi connectivity index (χ2v) is 5.46. The van der Waals surface area contributed by atoms with E-state index in [1.807, 2.05) is 6.92 Å². The first kappa shape index (κ1) is 12.7. The van der Waals surface area contributed by atoms with Crippen LogP contribution in [0, 0.1) is 5.41 Å². The summed E-state index contributed by atoms with van der Waals surface area (Å²) in [4.78, 5) is 4.08. The molecule has 1 aliphatic rings. The first-order valence-electron chi connectivity index (χ1n) is 6.03. The predicted octanol–water partition coefficient (Wildman–Crippen LogP) is 3.35. The van der Waals surface area contributed by atoms with Gasteiger partial charge in [-0.2, -0.15) is 0 Å². The van der Waals surface area contributed by atoms with Crippen molar-refractivity contribution in [1.29, 1.82) is 0 Å². The smallest absolute Gasteiger partial charge is 0.0718 e. The van der Waals surface area contributed by atoms with Crippen LogP contribution in [0.1, 0.15) is 27.2 Å². The monoisotopic (exact) mass is 254 g/mol. The molecule has 0 amide bonds. The molecule has 1 aliphatic carbocycles. The zero-order valence-corrected chi connectivity index (χ0v) is 11.3. The van der Waals surface area contributed by atoms with Gasteiger partial charge in [0.2, 0.25) is 0 Å². The van der Waals surface area contributed by atoms with Gasteiger partial charge in [0.05, 0.1) is 23.0 Å². The zero-order chi connectivity index (χ0) is 12.5. The molecule has 0 saturated heterocycles. The summed E-state index contributed by atoms with van der Waals surface area (Å²) in [6.45, 7) is 7.25. The molecule has 1 heterocycles. The van der Waals surface area contributed by atoms with E-state index in [0.717, 1.165) is 23.7 Å². The number of rotatable bonds is 4. The summed E-state index contributed by atoms with van der Waals surface area (Å²) in [5.41, 5.74) is 1.04. The van der Waals surface area contributed by atoms with Crippen LogP contribution >= 0.6 is 11.6 Å². The molecule has 94 valence electrons. The molecular weight excluding hydrogens is 236 g/mol. The van der Waals surface area contributed by atoms with E-state index in [2.05, 4.69) is 24.1 Å². The number of aromatic nitrogens is 1. The van der Waals surface area contributed by atoms with Crippen LogP contribution in [0.4, 0.5) is 5.69 Å². The zero-order valence-electron chi connectivity index (χ0n) is 10.5. The minimum absolute atomic E-state index is 0.134. The van der Waals surface area contributed by atoms with E-state index in [1.54, 1.807) is 18.5 Å². The van der Waals surface area contributed by atoms with Gasteiger partial charge in [-0.05, 0) is 19.4 Å². The molecule has 3 nitrogen and oxygen atoms in total. The minimum Gasteiger partial charge on any atom is -0.379 e. The maximum atomic E-state index is 6.11. The Morgan fingerprint density at radius 3 is 2.94 bits per heavy atom. The van der Waals surface area contributed by atoms with Crippen LogP contribution < -0.4 is 5.32 Å². The molecule has 2 unspecified atom stereocenters. The number of ether oxygens (including phenoxy) is 1. The molecule has 1 aromatic rings. The van der Waals surface area contributed by atoms with Crippen molar-refractivity contribution in [2.24, 2.45) is 5.41 Å². The van der Waals surface area contributed by atoms with Crippen LogP contribution in [0.25, 0.3) is 0 Å². The van der Waals surface area contributed by atoms with Crippen LogP contribution in [0.2, 0.25) is 5.02 Å². The van der Waals surface area contributed by atoms with Gasteiger partial charge >= 0.3 is 0 Å². The number of halogens is 1. The fraction of sp³-hybridized carbons (Fsp3) is 0.615. The third kappa shape index (κ3) is 2.40. The van der Waals surface area contributed by atoms with E-state index in [9.17, 15) is 0 Å². The van der Waals surface area contributed by atoms with Gasteiger partial charge < -0.3 is 10.1 Å². The number of hydrogen-bond acceptors (Lipinski definition) is 3. The number of pyridine rings is 1. The van der Waals surface area contributed by atoms with Crippen LogP contribution in [-0.2, 0) is 4.74 Å². The Kier molecular flexibility index (Phi) is 3.59. The summed E-state index contributed by atoms with van der Waals surface area (Å²) in [7, 11) is 0. The van der Waals surface area contributed by atoms with E-state index >= 15 is 0 Å². The van der Waals surface area contributed by atoms with Gasteiger partial charge in [0.15, 0.2) is 0 Å². The summed E-state index contributed by atoms with van der Waals surface area (Å²) in [6.07, 6.45) is 4.82. The van der Waals surface area contributed by atoms with E-state index in [-0.39, 0.29) is 5.41 Å². The highest BCUT2D eigenvalue weighted by molar-refractivity contribution is 6.33. The summed E-state index contributed by atoms with van der Waals surface area (Å²) in [5.74, 6) is 0. The molecule has 0 spiro atoms. The predicted molar refractivity (Wildman–Crippen MR) is 70.5 cm³/mol. The van der Waals surface area contributed by atoms with Crippen molar-refractivity contribution in [3.8, 4) is 0 Å². The second-order valence-electron chi connectivity index (χ2n) is 5.05. The van der Waals surface area contributed by atoms with Gasteiger partial charge in [-0.3, -0.25) is 4.98 Å². The lowest BCUT2D eigenvalue weighted by atomic mass is 9.64. The van der Waals surface area contributed by atoms with Crippen molar-refractivity contribution in [3.63, 3.8) is 0 Å². The van der Waals surface area contributed by atoms with E-state index in [4.69, 9.17) is 16.3 Å². The molecule has 17 heavy (non-hydrogen) atoms. The minimum atomic E-state index is 0.134. The number of hydrogen-bond donors (Lipinski definition) is 1. The van der Waals surface area contributed by atoms with Crippen LogP contribution in [0.5, 0.6) is 0 Å². The third-order valence-electron chi connectivity index (χ3n) is 3.64. The summed E-state index contributed by atoms with van der Waals surface area (Å²) in [6, 6.07) is 2.19. The lowest BCUT2D eigenvalue weighted by molar-refractivity contribution is -0.0976. The van der Waals surface area contributed by atoms with Gasteiger partial charge in [-0.25, -0.2) is 0 Å². The van der Waals surface area contributed by atoms with E-state index in [0.29, 0.717) is 12.1 Å². The van der Waals surface area contributed by atoms with Crippen molar-refractivity contribution >= 4 is 17.3 Å². The molecule has 0 radical (unpaired) electrons. The fourth-order valence-electron chi connectivity index (χ4n) is 2.29. The lowest BCUT2D eigenvalue weighted by Crippen LogP contribution is -2.58. The van der Waals surface area contributed by atoms with Gasteiger partial charge in [-0.1, -0.05) is 25.4 Å². The molecule has 4 heteroatoms. The number of nitrogens with zero attached hydrogens (tertiary/aromatic N) is 1. The Balaban J connectivity index is 2.01. The quantitative estimate of drug-likeness (QED) is 0.895. The van der Waals surface area contributed by atoms with Crippen molar-refractivity contribution in [2.45, 2.75) is 39.3 Å². The second kappa shape index (κ2) is 4.83. The Bertz CT molecular complexity index is 395. The van der Waals surface area contributed by atoms with Gasteiger partial charge in [0, 0.05) is 24.3 Å².